The SMILES string of the molecule is COC(=O)[C@H](C)CC(=O)C[C@@H](C)[C@H]1C[C@H](O)[C@@]2(C)C3=C(C(=O)C[C@]12C)[C@@]1(C)CCC(=O)C(C)(C)[C@@H]1CC3. The van der Waals surface area contributed by atoms with Gasteiger partial charge in [0.15, 0.2) is 5.78 Å². The smallest absolute Gasteiger partial charge is 0.308 e. The number of aliphatic hydroxyl groups is 1. The summed E-state index contributed by atoms with van der Waals surface area (Å²) in [6, 6.07) is 0. The van der Waals surface area contributed by atoms with Crippen LogP contribution in [-0.2, 0) is 23.9 Å². The minimum atomic E-state index is -0.592. The Labute approximate surface area is 222 Å². The van der Waals surface area contributed by atoms with Gasteiger partial charge in [0, 0.05) is 47.5 Å². The maximum absolute atomic E-state index is 14.1. The van der Waals surface area contributed by atoms with Crippen LogP contribution in [0.15, 0.2) is 11.1 Å². The molecule has 0 amide bonds. The second-order valence-corrected chi connectivity index (χ2v) is 13.9. The van der Waals surface area contributed by atoms with Gasteiger partial charge in [0.2, 0.25) is 0 Å². The van der Waals surface area contributed by atoms with Gasteiger partial charge in [0.05, 0.1) is 19.1 Å². The van der Waals surface area contributed by atoms with Crippen LogP contribution in [-0.4, -0.2) is 41.6 Å². The van der Waals surface area contributed by atoms with Crippen molar-refractivity contribution in [1.29, 1.82) is 0 Å². The Balaban J connectivity index is 1.67. The molecular formula is C31H46O6. The van der Waals surface area contributed by atoms with E-state index in [9.17, 15) is 24.3 Å². The average Bonchev–Trinajstić information content (AvgIpc) is 3.02. The molecule has 8 atom stereocenters. The summed E-state index contributed by atoms with van der Waals surface area (Å²) in [7, 11) is 1.33. The van der Waals surface area contributed by atoms with Gasteiger partial charge >= 0.3 is 5.97 Å². The third-order valence-electron chi connectivity index (χ3n) is 11.7. The monoisotopic (exact) mass is 514 g/mol. The summed E-state index contributed by atoms with van der Waals surface area (Å²) in [6.45, 7) is 14.3. The zero-order valence-corrected chi connectivity index (χ0v) is 24.0. The Morgan fingerprint density at radius 2 is 1.70 bits per heavy atom. The second kappa shape index (κ2) is 9.14. The molecule has 0 bridgehead atoms. The fraction of sp³-hybridized carbons (Fsp3) is 0.806. The Bertz CT molecular complexity index is 1050. The Morgan fingerprint density at radius 1 is 1.05 bits per heavy atom. The van der Waals surface area contributed by atoms with Crippen molar-refractivity contribution in [2.75, 3.05) is 7.11 Å². The number of carbonyl (C=O) groups is 4. The number of hydrogen-bond donors (Lipinski definition) is 1. The quantitative estimate of drug-likeness (QED) is 0.486. The third-order valence-corrected chi connectivity index (χ3v) is 11.7. The van der Waals surface area contributed by atoms with Crippen LogP contribution in [0.25, 0.3) is 0 Å². The van der Waals surface area contributed by atoms with Crippen LogP contribution in [0.1, 0.15) is 99.8 Å². The number of rotatable bonds is 6. The van der Waals surface area contributed by atoms with E-state index < -0.39 is 28.3 Å². The molecule has 0 saturated heterocycles. The van der Waals surface area contributed by atoms with Crippen LogP contribution in [0.3, 0.4) is 0 Å². The molecule has 0 heterocycles. The predicted molar refractivity (Wildman–Crippen MR) is 140 cm³/mol. The largest absolute Gasteiger partial charge is 0.469 e. The first-order chi connectivity index (χ1) is 17.1. The first-order valence-electron chi connectivity index (χ1n) is 14.1. The molecule has 0 aromatic carbocycles. The van der Waals surface area contributed by atoms with Gasteiger partial charge in [-0.1, -0.05) is 54.0 Å². The molecular weight excluding hydrogens is 468 g/mol. The molecule has 0 aromatic heterocycles. The molecule has 0 unspecified atom stereocenters. The number of fused-ring (bicyclic) bond motifs is 4. The predicted octanol–water partition coefficient (Wildman–Crippen LogP) is 5.25. The summed E-state index contributed by atoms with van der Waals surface area (Å²) in [5.41, 5.74) is 0.203. The topological polar surface area (TPSA) is 97.7 Å². The fourth-order valence-electron chi connectivity index (χ4n) is 9.46. The van der Waals surface area contributed by atoms with Gasteiger partial charge in [-0.2, -0.15) is 0 Å². The molecule has 206 valence electrons. The van der Waals surface area contributed by atoms with Crippen LogP contribution < -0.4 is 0 Å². The highest BCUT2D eigenvalue weighted by molar-refractivity contribution is 6.00. The lowest BCUT2D eigenvalue weighted by Gasteiger charge is -2.60. The van der Waals surface area contributed by atoms with Crippen LogP contribution in [0, 0.1) is 45.3 Å². The summed E-state index contributed by atoms with van der Waals surface area (Å²) < 4.78 is 4.77. The highest BCUT2D eigenvalue weighted by Gasteiger charge is 2.68. The number of methoxy groups -OCH3 is 1. The molecule has 4 rings (SSSR count). The van der Waals surface area contributed by atoms with Crippen molar-refractivity contribution in [3.05, 3.63) is 11.1 Å². The summed E-state index contributed by atoms with van der Waals surface area (Å²) in [5, 5.41) is 11.7. The minimum absolute atomic E-state index is 0.0118. The molecule has 4 aliphatic carbocycles. The molecule has 2 saturated carbocycles. The van der Waals surface area contributed by atoms with Crippen LogP contribution in [0.2, 0.25) is 0 Å². The van der Waals surface area contributed by atoms with E-state index in [0.717, 1.165) is 24.0 Å². The van der Waals surface area contributed by atoms with Gasteiger partial charge in [-0.25, -0.2) is 0 Å². The molecule has 37 heavy (non-hydrogen) atoms. The summed E-state index contributed by atoms with van der Waals surface area (Å²) in [6.07, 6.45) is 3.56. The van der Waals surface area contributed by atoms with Crippen molar-refractivity contribution >= 4 is 23.3 Å². The molecule has 0 aromatic rings. The Hall–Kier alpha value is -1.82. The number of ether oxygens (including phenoxy) is 1. The first-order valence-corrected chi connectivity index (χ1v) is 14.1. The Morgan fingerprint density at radius 3 is 2.32 bits per heavy atom. The number of carbonyl (C=O) groups excluding carboxylic acids is 4. The van der Waals surface area contributed by atoms with Crippen molar-refractivity contribution in [3.8, 4) is 0 Å². The normalized spacial score (nSPS) is 40.4. The van der Waals surface area contributed by atoms with Crippen molar-refractivity contribution in [2.24, 2.45) is 45.3 Å². The standard InChI is InChI=1S/C31H46O6/c1-17(13-19(32)14-18(2)27(36)37-8)21-15-25(35)31(7)20-9-10-23-28(3,4)24(34)11-12-29(23,5)26(20)22(33)16-30(21,31)6/h17-18,21,23,25,35H,9-16H2,1-8H3/t17-,18-,21-,23+,25+,29+,30-,31-/m1/s1. The number of hydrogen-bond acceptors (Lipinski definition) is 6. The first kappa shape index (κ1) is 28.2. The molecule has 0 aliphatic heterocycles. The van der Waals surface area contributed by atoms with Gasteiger partial charge in [0.25, 0.3) is 0 Å². The van der Waals surface area contributed by atoms with E-state index in [2.05, 4.69) is 27.7 Å². The van der Waals surface area contributed by atoms with Crippen molar-refractivity contribution in [3.63, 3.8) is 0 Å². The summed E-state index contributed by atoms with van der Waals surface area (Å²) in [4.78, 5) is 51.6. The van der Waals surface area contributed by atoms with Crippen LogP contribution >= 0.6 is 0 Å². The number of esters is 1. The minimum Gasteiger partial charge on any atom is -0.469 e. The second-order valence-electron chi connectivity index (χ2n) is 13.9. The number of allylic oxidation sites excluding steroid dienone is 1. The van der Waals surface area contributed by atoms with Gasteiger partial charge in [-0.3, -0.25) is 19.2 Å². The van der Waals surface area contributed by atoms with Crippen LogP contribution in [0.4, 0.5) is 0 Å². The zero-order valence-electron chi connectivity index (χ0n) is 24.0. The van der Waals surface area contributed by atoms with E-state index in [1.54, 1.807) is 6.92 Å². The highest BCUT2D eigenvalue weighted by atomic mass is 16.5. The third kappa shape index (κ3) is 3.91. The van der Waals surface area contributed by atoms with Crippen molar-refractivity contribution in [2.45, 2.75) is 106 Å². The highest BCUT2D eigenvalue weighted by Crippen LogP contribution is 2.71. The molecule has 4 aliphatic rings. The molecule has 0 radical (unpaired) electrons. The zero-order chi connectivity index (χ0) is 27.7. The van der Waals surface area contributed by atoms with E-state index in [1.165, 1.54) is 7.11 Å². The van der Waals surface area contributed by atoms with E-state index in [0.29, 0.717) is 37.9 Å². The fourth-order valence-corrected chi connectivity index (χ4v) is 9.46. The molecule has 0 spiro atoms. The van der Waals surface area contributed by atoms with Gasteiger partial charge < -0.3 is 9.84 Å². The number of aliphatic hydroxyl groups excluding tert-OH is 1. The average molecular weight is 515 g/mol. The number of ketones is 3. The van der Waals surface area contributed by atoms with Gasteiger partial charge in [-0.15, -0.1) is 0 Å². The van der Waals surface area contributed by atoms with E-state index in [-0.39, 0.29) is 47.1 Å². The maximum Gasteiger partial charge on any atom is 0.308 e. The lowest BCUT2D eigenvalue weighted by Crippen LogP contribution is -2.57. The van der Waals surface area contributed by atoms with Gasteiger partial charge in [-0.05, 0) is 48.9 Å². The van der Waals surface area contributed by atoms with E-state index in [1.807, 2.05) is 13.8 Å². The van der Waals surface area contributed by atoms with E-state index >= 15 is 0 Å². The lowest BCUT2D eigenvalue weighted by molar-refractivity contribution is -0.146. The molecule has 6 heteroatoms. The number of Topliss-reactive ketones (excluding diaryl/α,β-unsaturated/α-hetero) is 3. The Kier molecular flexibility index (Phi) is 6.96. The maximum atomic E-state index is 14.1. The molecule has 1 N–H and O–H groups in total. The molecule has 6 nitrogen and oxygen atoms in total. The van der Waals surface area contributed by atoms with Crippen molar-refractivity contribution in [1.82, 2.24) is 0 Å². The lowest BCUT2D eigenvalue weighted by atomic mass is 9.43. The van der Waals surface area contributed by atoms with Crippen molar-refractivity contribution < 1.29 is 29.0 Å². The summed E-state index contributed by atoms with van der Waals surface area (Å²) in [5.74, 6) is -0.272. The van der Waals surface area contributed by atoms with Gasteiger partial charge in [0.1, 0.15) is 11.6 Å². The van der Waals surface area contributed by atoms with Crippen LogP contribution in [0.5, 0.6) is 0 Å². The van der Waals surface area contributed by atoms with E-state index in [4.69, 9.17) is 4.74 Å². The molecule has 2 fully saturated rings. The summed E-state index contributed by atoms with van der Waals surface area (Å²) >= 11 is 0.